The van der Waals surface area contributed by atoms with Crippen LogP contribution in [0.4, 0.5) is 0 Å². The summed E-state index contributed by atoms with van der Waals surface area (Å²) in [4.78, 5) is 0. The fraction of sp³-hybridized carbons (Fsp3) is 0.800. The second kappa shape index (κ2) is 4.09. The third kappa shape index (κ3) is 2.32. The Morgan fingerprint density at radius 3 is 3.07 bits per heavy atom. The summed E-state index contributed by atoms with van der Waals surface area (Å²) in [5.41, 5.74) is 6.78. The molecule has 0 amide bonds. The minimum absolute atomic E-state index is 0.0460. The van der Waals surface area contributed by atoms with Gasteiger partial charge in [-0.3, -0.25) is 4.68 Å². The highest BCUT2D eigenvalue weighted by Gasteiger charge is 2.20. The van der Waals surface area contributed by atoms with Gasteiger partial charge in [-0.15, -0.1) is 5.10 Å². The molecule has 1 aliphatic carbocycles. The summed E-state index contributed by atoms with van der Waals surface area (Å²) >= 11 is 0. The Bertz CT molecular complexity index is 290. The van der Waals surface area contributed by atoms with Gasteiger partial charge in [-0.1, -0.05) is 25.0 Å². The molecule has 0 bridgehead atoms. The first-order chi connectivity index (χ1) is 6.79. The summed E-state index contributed by atoms with van der Waals surface area (Å²) in [6.07, 6.45) is 6.94. The SMILES string of the molecule is CCC(N)c1cn(CCC2CC2)nn1. The molecule has 1 unspecified atom stereocenters. The normalized spacial score (nSPS) is 18.4. The van der Waals surface area contributed by atoms with Crippen molar-refractivity contribution in [1.29, 1.82) is 0 Å². The maximum absolute atomic E-state index is 5.86. The van der Waals surface area contributed by atoms with Gasteiger partial charge in [0, 0.05) is 6.54 Å². The zero-order chi connectivity index (χ0) is 9.97. The predicted molar refractivity (Wildman–Crippen MR) is 54.6 cm³/mol. The Morgan fingerprint density at radius 2 is 2.43 bits per heavy atom. The average molecular weight is 194 g/mol. The number of nitrogens with zero attached hydrogens (tertiary/aromatic N) is 3. The third-order valence-electron chi connectivity index (χ3n) is 2.84. The number of nitrogens with two attached hydrogens (primary N) is 1. The van der Waals surface area contributed by atoms with Crippen LogP contribution in [-0.4, -0.2) is 15.0 Å². The molecule has 4 nitrogen and oxygen atoms in total. The summed E-state index contributed by atoms with van der Waals surface area (Å²) in [5.74, 6) is 0.947. The molecule has 1 aromatic rings. The molecule has 2 rings (SSSR count). The zero-order valence-electron chi connectivity index (χ0n) is 8.69. The lowest BCUT2D eigenvalue weighted by Crippen LogP contribution is -2.08. The van der Waals surface area contributed by atoms with Crippen molar-refractivity contribution in [1.82, 2.24) is 15.0 Å². The largest absolute Gasteiger partial charge is 0.323 e. The van der Waals surface area contributed by atoms with Gasteiger partial charge in [0.25, 0.3) is 0 Å². The van der Waals surface area contributed by atoms with Gasteiger partial charge >= 0.3 is 0 Å². The summed E-state index contributed by atoms with van der Waals surface area (Å²) in [6, 6.07) is 0.0460. The molecule has 1 aromatic heterocycles. The topological polar surface area (TPSA) is 56.7 Å². The minimum atomic E-state index is 0.0460. The first-order valence-electron chi connectivity index (χ1n) is 5.45. The van der Waals surface area contributed by atoms with Crippen molar-refractivity contribution in [2.45, 2.75) is 45.2 Å². The summed E-state index contributed by atoms with van der Waals surface area (Å²) < 4.78 is 1.92. The molecule has 2 N–H and O–H groups in total. The van der Waals surface area contributed by atoms with E-state index in [4.69, 9.17) is 5.73 Å². The number of aromatic nitrogens is 3. The van der Waals surface area contributed by atoms with Crippen LogP contribution in [0.1, 0.15) is 44.3 Å². The van der Waals surface area contributed by atoms with Gasteiger partial charge in [-0.05, 0) is 18.8 Å². The highest BCUT2D eigenvalue weighted by Crippen LogP contribution is 2.32. The second-order valence-corrected chi connectivity index (χ2v) is 4.15. The maximum atomic E-state index is 5.86. The van der Waals surface area contributed by atoms with Crippen molar-refractivity contribution in [3.8, 4) is 0 Å². The molecule has 0 saturated heterocycles. The van der Waals surface area contributed by atoms with Crippen molar-refractivity contribution in [2.75, 3.05) is 0 Å². The van der Waals surface area contributed by atoms with E-state index in [1.807, 2.05) is 10.9 Å². The molecule has 1 aliphatic rings. The summed E-state index contributed by atoms with van der Waals surface area (Å²) in [7, 11) is 0. The van der Waals surface area contributed by atoms with E-state index in [0.717, 1.165) is 24.6 Å². The molecule has 4 heteroatoms. The third-order valence-corrected chi connectivity index (χ3v) is 2.84. The maximum Gasteiger partial charge on any atom is 0.0993 e. The van der Waals surface area contributed by atoms with Crippen molar-refractivity contribution in [2.24, 2.45) is 11.7 Å². The summed E-state index contributed by atoms with van der Waals surface area (Å²) in [5, 5.41) is 8.14. The van der Waals surface area contributed by atoms with Gasteiger partial charge in [0.2, 0.25) is 0 Å². The highest BCUT2D eigenvalue weighted by molar-refractivity contribution is 4.98. The van der Waals surface area contributed by atoms with E-state index in [1.54, 1.807) is 0 Å². The quantitative estimate of drug-likeness (QED) is 0.772. The first kappa shape index (κ1) is 9.65. The Morgan fingerprint density at radius 1 is 1.64 bits per heavy atom. The smallest absolute Gasteiger partial charge is 0.0993 e. The van der Waals surface area contributed by atoms with Crippen LogP contribution >= 0.6 is 0 Å². The first-order valence-corrected chi connectivity index (χ1v) is 5.45. The van der Waals surface area contributed by atoms with Gasteiger partial charge in [-0.2, -0.15) is 0 Å². The fourth-order valence-electron chi connectivity index (χ4n) is 1.52. The molecule has 0 radical (unpaired) electrons. The molecule has 78 valence electrons. The molecule has 1 heterocycles. The number of rotatable bonds is 5. The Balaban J connectivity index is 1.87. The Labute approximate surface area is 84.5 Å². The van der Waals surface area contributed by atoms with Crippen LogP contribution in [0.15, 0.2) is 6.20 Å². The van der Waals surface area contributed by atoms with Gasteiger partial charge in [-0.25, -0.2) is 0 Å². The van der Waals surface area contributed by atoms with Crippen LogP contribution < -0.4 is 5.73 Å². The van der Waals surface area contributed by atoms with Crippen LogP contribution in [0.2, 0.25) is 0 Å². The van der Waals surface area contributed by atoms with Crippen LogP contribution in [0.5, 0.6) is 0 Å². The lowest BCUT2D eigenvalue weighted by Gasteiger charge is -2.01. The van der Waals surface area contributed by atoms with E-state index in [2.05, 4.69) is 17.2 Å². The standard InChI is InChI=1S/C10H18N4/c1-2-9(11)10-7-14(13-12-10)6-5-8-3-4-8/h7-9H,2-6,11H2,1H3. The lowest BCUT2D eigenvalue weighted by atomic mass is 10.2. The summed E-state index contributed by atoms with van der Waals surface area (Å²) in [6.45, 7) is 3.06. The van der Waals surface area contributed by atoms with Gasteiger partial charge in [0.15, 0.2) is 0 Å². The average Bonchev–Trinajstić information content (AvgIpc) is 2.92. The lowest BCUT2D eigenvalue weighted by molar-refractivity contribution is 0.531. The van der Waals surface area contributed by atoms with Crippen molar-refractivity contribution < 1.29 is 0 Å². The van der Waals surface area contributed by atoms with E-state index < -0.39 is 0 Å². The monoisotopic (exact) mass is 194 g/mol. The molecule has 0 aliphatic heterocycles. The van der Waals surface area contributed by atoms with E-state index in [0.29, 0.717) is 0 Å². The Kier molecular flexibility index (Phi) is 2.82. The van der Waals surface area contributed by atoms with E-state index in [1.165, 1.54) is 19.3 Å². The minimum Gasteiger partial charge on any atom is -0.323 e. The zero-order valence-corrected chi connectivity index (χ0v) is 8.69. The van der Waals surface area contributed by atoms with Crippen molar-refractivity contribution >= 4 is 0 Å². The predicted octanol–water partition coefficient (Wildman–Crippen LogP) is 1.49. The Hall–Kier alpha value is -0.900. The number of aryl methyl sites for hydroxylation is 1. The number of hydrogen-bond acceptors (Lipinski definition) is 3. The number of hydrogen-bond donors (Lipinski definition) is 1. The van der Waals surface area contributed by atoms with E-state index >= 15 is 0 Å². The molecule has 0 aromatic carbocycles. The van der Waals surface area contributed by atoms with Gasteiger partial charge in [0.1, 0.15) is 0 Å². The molecule has 14 heavy (non-hydrogen) atoms. The van der Waals surface area contributed by atoms with Crippen molar-refractivity contribution in [3.63, 3.8) is 0 Å². The molecule has 1 atom stereocenters. The van der Waals surface area contributed by atoms with Crippen molar-refractivity contribution in [3.05, 3.63) is 11.9 Å². The van der Waals surface area contributed by atoms with Crippen LogP contribution in [0.3, 0.4) is 0 Å². The van der Waals surface area contributed by atoms with Gasteiger partial charge < -0.3 is 5.73 Å². The van der Waals surface area contributed by atoms with E-state index in [-0.39, 0.29) is 6.04 Å². The fourth-order valence-corrected chi connectivity index (χ4v) is 1.52. The molecule has 1 saturated carbocycles. The highest BCUT2D eigenvalue weighted by atomic mass is 15.4. The molecular weight excluding hydrogens is 176 g/mol. The molecular formula is C10H18N4. The van der Waals surface area contributed by atoms with Crippen LogP contribution in [0, 0.1) is 5.92 Å². The van der Waals surface area contributed by atoms with Gasteiger partial charge in [0.05, 0.1) is 17.9 Å². The van der Waals surface area contributed by atoms with Crippen LogP contribution in [-0.2, 0) is 6.54 Å². The molecule has 0 spiro atoms. The second-order valence-electron chi connectivity index (χ2n) is 4.15. The van der Waals surface area contributed by atoms with Crippen LogP contribution in [0.25, 0.3) is 0 Å². The van der Waals surface area contributed by atoms with E-state index in [9.17, 15) is 0 Å². The molecule has 1 fully saturated rings.